The Morgan fingerprint density at radius 2 is 2.00 bits per heavy atom. The maximum atomic E-state index is 11.9. The number of carboxylic acid groups (broad SMARTS) is 1. The second-order valence-electron chi connectivity index (χ2n) is 4.32. The third-order valence-electron chi connectivity index (χ3n) is 2.75. The molecule has 0 aliphatic rings. The van der Waals surface area contributed by atoms with Crippen molar-refractivity contribution in [3.8, 4) is 0 Å². The van der Waals surface area contributed by atoms with E-state index in [9.17, 15) is 14.7 Å². The molecule has 0 unspecified atom stereocenters. The first-order valence-corrected chi connectivity index (χ1v) is 6.29. The summed E-state index contributed by atoms with van der Waals surface area (Å²) in [6, 6.07) is 6.37. The van der Waals surface area contributed by atoms with Crippen LogP contribution in [0.3, 0.4) is 0 Å². The molecule has 0 saturated carbocycles. The smallest absolute Gasteiger partial charge is 0.352 e. The molecule has 1 N–H and O–H groups in total. The highest BCUT2D eigenvalue weighted by Gasteiger charge is 2.16. The summed E-state index contributed by atoms with van der Waals surface area (Å²) < 4.78 is 2.47. The van der Waals surface area contributed by atoms with Crippen molar-refractivity contribution < 1.29 is 9.90 Å². The van der Waals surface area contributed by atoms with E-state index in [2.05, 4.69) is 15.9 Å². The van der Waals surface area contributed by atoms with Gasteiger partial charge in [-0.15, -0.1) is 0 Å². The molecular formula is C13H12BrNO3. The minimum absolute atomic E-state index is 0.0144. The van der Waals surface area contributed by atoms with Crippen LogP contribution in [0.1, 0.15) is 30.4 Å². The summed E-state index contributed by atoms with van der Waals surface area (Å²) in [4.78, 5) is 23.1. The number of halogens is 1. The molecule has 0 bridgehead atoms. The summed E-state index contributed by atoms with van der Waals surface area (Å²) in [6.07, 6.45) is 0. The maximum Gasteiger partial charge on any atom is 0.352 e. The standard InChI is InChI=1S/C13H12BrNO3/c1-7(2)15-10-5-8(14)3-4-9(10)12(16)6-11(15)13(17)18/h3-7H,1-2H3,(H,17,18). The van der Waals surface area contributed by atoms with Crippen molar-refractivity contribution in [2.24, 2.45) is 0 Å². The molecular weight excluding hydrogens is 298 g/mol. The highest BCUT2D eigenvalue weighted by molar-refractivity contribution is 9.10. The number of aromatic nitrogens is 1. The molecule has 0 amide bonds. The van der Waals surface area contributed by atoms with E-state index < -0.39 is 5.97 Å². The van der Waals surface area contributed by atoms with Crippen molar-refractivity contribution in [1.82, 2.24) is 4.57 Å². The predicted molar refractivity (Wildman–Crippen MR) is 73.3 cm³/mol. The average molecular weight is 310 g/mol. The number of pyridine rings is 1. The number of aromatic carboxylic acids is 1. The Balaban J connectivity index is 3.01. The molecule has 4 nitrogen and oxygen atoms in total. The van der Waals surface area contributed by atoms with Crippen molar-refractivity contribution in [1.29, 1.82) is 0 Å². The Kier molecular flexibility index (Phi) is 3.26. The lowest BCUT2D eigenvalue weighted by Gasteiger charge is -2.18. The van der Waals surface area contributed by atoms with E-state index in [0.717, 1.165) is 4.47 Å². The number of fused-ring (bicyclic) bond motifs is 1. The molecule has 5 heteroatoms. The molecule has 18 heavy (non-hydrogen) atoms. The van der Waals surface area contributed by atoms with E-state index >= 15 is 0 Å². The fourth-order valence-electron chi connectivity index (χ4n) is 2.03. The van der Waals surface area contributed by atoms with Gasteiger partial charge >= 0.3 is 5.97 Å². The van der Waals surface area contributed by atoms with Crippen molar-refractivity contribution in [3.63, 3.8) is 0 Å². The predicted octanol–water partition coefficient (Wildman–Crippen LogP) is 3.04. The van der Waals surface area contributed by atoms with Gasteiger partial charge in [0.15, 0.2) is 5.43 Å². The number of carbonyl (C=O) groups is 1. The summed E-state index contributed by atoms with van der Waals surface area (Å²) in [7, 11) is 0. The van der Waals surface area contributed by atoms with Gasteiger partial charge in [-0.2, -0.15) is 0 Å². The van der Waals surface area contributed by atoms with Crippen LogP contribution in [-0.2, 0) is 0 Å². The van der Waals surface area contributed by atoms with E-state index in [-0.39, 0.29) is 17.2 Å². The van der Waals surface area contributed by atoms with Gasteiger partial charge in [-0.1, -0.05) is 15.9 Å². The molecule has 2 rings (SSSR count). The zero-order valence-electron chi connectivity index (χ0n) is 9.98. The molecule has 1 heterocycles. The molecule has 0 saturated heterocycles. The highest BCUT2D eigenvalue weighted by Crippen LogP contribution is 2.22. The number of nitrogens with zero attached hydrogens (tertiary/aromatic N) is 1. The Hall–Kier alpha value is -1.62. The lowest BCUT2D eigenvalue weighted by molar-refractivity contribution is 0.0683. The first-order valence-electron chi connectivity index (χ1n) is 5.50. The topological polar surface area (TPSA) is 59.3 Å². The number of benzene rings is 1. The molecule has 0 fully saturated rings. The minimum Gasteiger partial charge on any atom is -0.477 e. The van der Waals surface area contributed by atoms with Crippen molar-refractivity contribution >= 4 is 32.8 Å². The van der Waals surface area contributed by atoms with Crippen LogP contribution in [0, 0.1) is 0 Å². The molecule has 0 spiro atoms. The average Bonchev–Trinajstić information content (AvgIpc) is 2.27. The molecule has 2 aromatic rings. The van der Waals surface area contributed by atoms with Gasteiger partial charge in [0, 0.05) is 22.0 Å². The summed E-state index contributed by atoms with van der Waals surface area (Å²) >= 11 is 3.34. The second kappa shape index (κ2) is 4.57. The Morgan fingerprint density at radius 3 is 2.56 bits per heavy atom. The van der Waals surface area contributed by atoms with Crippen molar-refractivity contribution in [2.45, 2.75) is 19.9 Å². The van der Waals surface area contributed by atoms with E-state index in [0.29, 0.717) is 10.9 Å². The largest absolute Gasteiger partial charge is 0.477 e. The van der Waals surface area contributed by atoms with E-state index in [1.165, 1.54) is 6.07 Å². The van der Waals surface area contributed by atoms with Gasteiger partial charge in [-0.25, -0.2) is 4.79 Å². The Bertz CT molecular complexity index is 688. The number of carboxylic acids is 1. The van der Waals surface area contributed by atoms with Crippen molar-refractivity contribution in [2.75, 3.05) is 0 Å². The SMILES string of the molecule is CC(C)n1c(C(=O)O)cc(=O)c2ccc(Br)cc21. The number of rotatable bonds is 2. The van der Waals surface area contributed by atoms with Gasteiger partial charge in [0.2, 0.25) is 0 Å². The monoisotopic (exact) mass is 309 g/mol. The van der Waals surface area contributed by atoms with E-state index in [1.54, 1.807) is 22.8 Å². The molecule has 0 aliphatic heterocycles. The summed E-state index contributed by atoms with van der Waals surface area (Å²) in [5, 5.41) is 9.72. The van der Waals surface area contributed by atoms with Crippen LogP contribution < -0.4 is 5.43 Å². The minimum atomic E-state index is -1.09. The fourth-order valence-corrected chi connectivity index (χ4v) is 2.38. The number of hydrogen-bond acceptors (Lipinski definition) is 2. The van der Waals surface area contributed by atoms with E-state index in [1.807, 2.05) is 13.8 Å². The molecule has 1 aromatic heterocycles. The molecule has 0 aliphatic carbocycles. The van der Waals surface area contributed by atoms with Crippen LogP contribution in [0.2, 0.25) is 0 Å². The van der Waals surface area contributed by atoms with Crippen LogP contribution in [0.5, 0.6) is 0 Å². The van der Waals surface area contributed by atoms with Gasteiger partial charge in [0.25, 0.3) is 0 Å². The molecule has 0 radical (unpaired) electrons. The summed E-state index contributed by atoms with van der Waals surface area (Å²) in [5.41, 5.74) is 0.372. The normalized spacial score (nSPS) is 11.1. The van der Waals surface area contributed by atoms with Crippen LogP contribution >= 0.6 is 15.9 Å². The Labute approximate surface area is 112 Å². The van der Waals surface area contributed by atoms with Crippen LogP contribution in [-0.4, -0.2) is 15.6 Å². The lowest BCUT2D eigenvalue weighted by Crippen LogP contribution is -2.19. The van der Waals surface area contributed by atoms with Gasteiger partial charge in [-0.05, 0) is 32.0 Å². The van der Waals surface area contributed by atoms with Gasteiger partial charge < -0.3 is 9.67 Å². The third-order valence-corrected chi connectivity index (χ3v) is 3.24. The highest BCUT2D eigenvalue weighted by atomic mass is 79.9. The van der Waals surface area contributed by atoms with Gasteiger partial charge in [-0.3, -0.25) is 4.79 Å². The van der Waals surface area contributed by atoms with Crippen LogP contribution in [0.4, 0.5) is 0 Å². The lowest BCUT2D eigenvalue weighted by atomic mass is 10.1. The van der Waals surface area contributed by atoms with E-state index in [4.69, 9.17) is 0 Å². The van der Waals surface area contributed by atoms with Crippen LogP contribution in [0.25, 0.3) is 10.9 Å². The second-order valence-corrected chi connectivity index (χ2v) is 5.24. The third kappa shape index (κ3) is 2.06. The van der Waals surface area contributed by atoms with Gasteiger partial charge in [0.1, 0.15) is 5.69 Å². The summed E-state index contributed by atoms with van der Waals surface area (Å²) in [6.45, 7) is 3.77. The Morgan fingerprint density at radius 1 is 1.33 bits per heavy atom. The van der Waals surface area contributed by atoms with Gasteiger partial charge in [0.05, 0.1) is 5.52 Å². The molecule has 0 atom stereocenters. The summed E-state index contributed by atoms with van der Waals surface area (Å²) in [5.74, 6) is -1.09. The first kappa shape index (κ1) is 12.8. The molecule has 94 valence electrons. The molecule has 1 aromatic carbocycles. The first-order chi connectivity index (χ1) is 8.41. The maximum absolute atomic E-state index is 11.9. The zero-order chi connectivity index (χ0) is 13.4. The quantitative estimate of drug-likeness (QED) is 0.927. The van der Waals surface area contributed by atoms with Crippen molar-refractivity contribution in [3.05, 3.63) is 44.7 Å². The van der Waals surface area contributed by atoms with Crippen LogP contribution in [0.15, 0.2) is 33.5 Å². The fraction of sp³-hybridized carbons (Fsp3) is 0.231. The zero-order valence-corrected chi connectivity index (χ0v) is 11.6. The number of hydrogen-bond donors (Lipinski definition) is 1.